The second-order valence-electron chi connectivity index (χ2n) is 5.99. The van der Waals surface area contributed by atoms with Gasteiger partial charge in [0, 0.05) is 39.2 Å². The SMILES string of the molecule is COCC1CN(Cc2ccc(S(C)(=O)=O)cc2)Cc2cncn21. The van der Waals surface area contributed by atoms with Crippen molar-refractivity contribution in [3.63, 3.8) is 0 Å². The van der Waals surface area contributed by atoms with Crippen molar-refractivity contribution in [1.82, 2.24) is 14.5 Å². The molecule has 0 N–H and O–H groups in total. The number of benzene rings is 1. The molecule has 1 aromatic carbocycles. The predicted octanol–water partition coefficient (Wildman–Crippen LogP) is 1.49. The van der Waals surface area contributed by atoms with Crippen molar-refractivity contribution in [2.45, 2.75) is 24.0 Å². The highest BCUT2D eigenvalue weighted by molar-refractivity contribution is 7.90. The molecule has 0 saturated heterocycles. The molecule has 0 bridgehead atoms. The fourth-order valence-electron chi connectivity index (χ4n) is 3.01. The lowest BCUT2D eigenvalue weighted by Gasteiger charge is -2.34. The number of ether oxygens (including phenoxy) is 1. The van der Waals surface area contributed by atoms with E-state index in [1.165, 1.54) is 11.9 Å². The molecule has 1 atom stereocenters. The van der Waals surface area contributed by atoms with Crippen molar-refractivity contribution >= 4 is 9.84 Å². The number of hydrogen-bond donors (Lipinski definition) is 0. The van der Waals surface area contributed by atoms with Gasteiger partial charge in [0.1, 0.15) is 0 Å². The van der Waals surface area contributed by atoms with Gasteiger partial charge in [0.05, 0.1) is 29.6 Å². The van der Waals surface area contributed by atoms with Gasteiger partial charge in [-0.25, -0.2) is 13.4 Å². The van der Waals surface area contributed by atoms with Gasteiger partial charge in [0.2, 0.25) is 0 Å². The Balaban J connectivity index is 1.74. The van der Waals surface area contributed by atoms with Crippen LogP contribution in [0.1, 0.15) is 17.3 Å². The van der Waals surface area contributed by atoms with Crippen LogP contribution in [0.4, 0.5) is 0 Å². The molecular weight excluding hydrogens is 314 g/mol. The first-order chi connectivity index (χ1) is 11.0. The van der Waals surface area contributed by atoms with E-state index in [0.717, 1.165) is 25.2 Å². The molecule has 0 fully saturated rings. The predicted molar refractivity (Wildman–Crippen MR) is 86.8 cm³/mol. The van der Waals surface area contributed by atoms with Crippen molar-refractivity contribution in [1.29, 1.82) is 0 Å². The van der Waals surface area contributed by atoms with Gasteiger partial charge in [0.15, 0.2) is 9.84 Å². The molecule has 1 aromatic heterocycles. The third-order valence-electron chi connectivity index (χ3n) is 4.11. The average Bonchev–Trinajstić information content (AvgIpc) is 2.96. The Hall–Kier alpha value is -1.70. The lowest BCUT2D eigenvalue weighted by Crippen LogP contribution is -2.38. The smallest absolute Gasteiger partial charge is 0.175 e. The maximum atomic E-state index is 11.5. The molecule has 124 valence electrons. The Morgan fingerprint density at radius 1 is 1.30 bits per heavy atom. The summed E-state index contributed by atoms with van der Waals surface area (Å²) >= 11 is 0. The van der Waals surface area contributed by atoms with Gasteiger partial charge >= 0.3 is 0 Å². The fourth-order valence-corrected chi connectivity index (χ4v) is 3.64. The molecule has 2 aromatic rings. The number of nitrogens with zero attached hydrogens (tertiary/aromatic N) is 3. The van der Waals surface area contributed by atoms with Gasteiger partial charge < -0.3 is 9.30 Å². The Labute approximate surface area is 136 Å². The molecule has 0 saturated carbocycles. The van der Waals surface area contributed by atoms with Crippen LogP contribution in [-0.4, -0.2) is 49.4 Å². The summed E-state index contributed by atoms with van der Waals surface area (Å²) in [4.78, 5) is 6.92. The van der Waals surface area contributed by atoms with Crippen LogP contribution in [0, 0.1) is 0 Å². The highest BCUT2D eigenvalue weighted by Crippen LogP contribution is 2.23. The standard InChI is InChI=1S/C16H21N3O3S/c1-22-11-15-10-18(9-14-7-17-12-19(14)15)8-13-3-5-16(6-4-13)23(2,20)21/h3-7,12,15H,8-11H2,1-2H3. The topological polar surface area (TPSA) is 64.4 Å². The van der Waals surface area contributed by atoms with Crippen LogP contribution in [-0.2, 0) is 27.7 Å². The zero-order valence-electron chi connectivity index (χ0n) is 13.3. The van der Waals surface area contributed by atoms with Crippen LogP contribution >= 0.6 is 0 Å². The third kappa shape index (κ3) is 3.63. The second kappa shape index (κ2) is 6.43. The summed E-state index contributed by atoms with van der Waals surface area (Å²) in [6, 6.07) is 7.36. The van der Waals surface area contributed by atoms with E-state index in [1.54, 1.807) is 19.2 Å². The molecule has 0 amide bonds. The molecule has 3 rings (SSSR count). The van der Waals surface area contributed by atoms with Gasteiger partial charge in [-0.15, -0.1) is 0 Å². The largest absolute Gasteiger partial charge is 0.382 e. The number of methoxy groups -OCH3 is 1. The zero-order valence-corrected chi connectivity index (χ0v) is 14.2. The van der Waals surface area contributed by atoms with E-state index >= 15 is 0 Å². The number of sulfone groups is 1. The highest BCUT2D eigenvalue weighted by atomic mass is 32.2. The van der Waals surface area contributed by atoms with Crippen LogP contribution in [0.3, 0.4) is 0 Å². The number of aromatic nitrogens is 2. The molecule has 0 radical (unpaired) electrons. The van der Waals surface area contributed by atoms with E-state index in [9.17, 15) is 8.42 Å². The Morgan fingerprint density at radius 2 is 2.04 bits per heavy atom. The first-order valence-electron chi connectivity index (χ1n) is 7.48. The third-order valence-corrected chi connectivity index (χ3v) is 5.24. The average molecular weight is 335 g/mol. The summed E-state index contributed by atoms with van der Waals surface area (Å²) in [7, 11) is -1.44. The highest BCUT2D eigenvalue weighted by Gasteiger charge is 2.24. The summed E-state index contributed by atoms with van der Waals surface area (Å²) in [5, 5.41) is 0. The lowest BCUT2D eigenvalue weighted by molar-refractivity contribution is 0.0983. The van der Waals surface area contributed by atoms with E-state index in [2.05, 4.69) is 14.5 Å². The Morgan fingerprint density at radius 3 is 2.70 bits per heavy atom. The summed E-state index contributed by atoms with van der Waals surface area (Å²) in [5.74, 6) is 0. The normalized spacial score (nSPS) is 18.8. The molecule has 1 aliphatic heterocycles. The van der Waals surface area contributed by atoms with Gasteiger partial charge in [-0.05, 0) is 17.7 Å². The van der Waals surface area contributed by atoms with Crippen molar-refractivity contribution in [3.05, 3.63) is 48.0 Å². The summed E-state index contributed by atoms with van der Waals surface area (Å²) < 4.78 is 30.5. The molecule has 0 spiro atoms. The Kier molecular flexibility index (Phi) is 4.52. The van der Waals surface area contributed by atoms with E-state index in [4.69, 9.17) is 4.74 Å². The number of fused-ring (bicyclic) bond motifs is 1. The van der Waals surface area contributed by atoms with Gasteiger partial charge in [0.25, 0.3) is 0 Å². The van der Waals surface area contributed by atoms with Gasteiger partial charge in [-0.1, -0.05) is 12.1 Å². The summed E-state index contributed by atoms with van der Waals surface area (Å²) in [6.45, 7) is 3.13. The maximum Gasteiger partial charge on any atom is 0.175 e. The molecule has 1 aliphatic rings. The number of imidazole rings is 1. The summed E-state index contributed by atoms with van der Waals surface area (Å²) in [6.07, 6.45) is 4.97. The monoisotopic (exact) mass is 335 g/mol. The molecule has 6 nitrogen and oxygen atoms in total. The lowest BCUT2D eigenvalue weighted by atomic mass is 10.1. The van der Waals surface area contributed by atoms with Crippen LogP contribution < -0.4 is 0 Å². The van der Waals surface area contributed by atoms with Gasteiger partial charge in [-0.3, -0.25) is 4.90 Å². The number of hydrogen-bond acceptors (Lipinski definition) is 5. The maximum absolute atomic E-state index is 11.5. The second-order valence-corrected chi connectivity index (χ2v) is 8.00. The van der Waals surface area contributed by atoms with E-state index in [0.29, 0.717) is 11.5 Å². The first-order valence-corrected chi connectivity index (χ1v) is 9.37. The zero-order chi connectivity index (χ0) is 16.4. The quantitative estimate of drug-likeness (QED) is 0.828. The van der Waals surface area contributed by atoms with Crippen LogP contribution in [0.25, 0.3) is 0 Å². The number of rotatable bonds is 5. The van der Waals surface area contributed by atoms with Crippen molar-refractivity contribution in [3.8, 4) is 0 Å². The molecular formula is C16H21N3O3S. The minimum atomic E-state index is -3.14. The molecule has 23 heavy (non-hydrogen) atoms. The van der Waals surface area contributed by atoms with E-state index < -0.39 is 9.84 Å². The molecule has 2 heterocycles. The van der Waals surface area contributed by atoms with E-state index in [-0.39, 0.29) is 6.04 Å². The van der Waals surface area contributed by atoms with Gasteiger partial charge in [-0.2, -0.15) is 0 Å². The van der Waals surface area contributed by atoms with E-state index in [1.807, 2.05) is 24.7 Å². The van der Waals surface area contributed by atoms with Crippen LogP contribution in [0.15, 0.2) is 41.7 Å². The van der Waals surface area contributed by atoms with Crippen LogP contribution in [0.5, 0.6) is 0 Å². The Bertz CT molecular complexity index is 768. The van der Waals surface area contributed by atoms with Crippen LogP contribution in [0.2, 0.25) is 0 Å². The minimum absolute atomic E-state index is 0.251. The molecule has 7 heteroatoms. The molecule has 0 aliphatic carbocycles. The summed E-state index contributed by atoms with van der Waals surface area (Å²) in [5.41, 5.74) is 2.27. The molecule has 1 unspecified atom stereocenters. The van der Waals surface area contributed by atoms with Crippen molar-refractivity contribution in [2.75, 3.05) is 26.5 Å². The van der Waals surface area contributed by atoms with Crippen molar-refractivity contribution < 1.29 is 13.2 Å². The first kappa shape index (κ1) is 16.2. The minimum Gasteiger partial charge on any atom is -0.382 e. The van der Waals surface area contributed by atoms with Crippen molar-refractivity contribution in [2.24, 2.45) is 0 Å². The fraction of sp³-hybridized carbons (Fsp3) is 0.438.